The van der Waals surface area contributed by atoms with Crippen LogP contribution < -0.4 is 10.8 Å². The summed E-state index contributed by atoms with van der Waals surface area (Å²) in [6.45, 7) is 0.635. The van der Waals surface area contributed by atoms with Crippen LogP contribution in [0.15, 0.2) is 48.8 Å². The first-order valence-corrected chi connectivity index (χ1v) is 9.51. The fourth-order valence-electron chi connectivity index (χ4n) is 3.26. The van der Waals surface area contributed by atoms with Crippen LogP contribution in [0.4, 0.5) is 5.69 Å². The van der Waals surface area contributed by atoms with Gasteiger partial charge in [0.1, 0.15) is 0 Å². The average molecular weight is 353 g/mol. The molecule has 0 saturated heterocycles. The molecule has 26 heavy (non-hydrogen) atoms. The van der Waals surface area contributed by atoms with E-state index in [9.17, 15) is 4.79 Å². The summed E-state index contributed by atoms with van der Waals surface area (Å²) >= 11 is 0. The first-order valence-electron chi connectivity index (χ1n) is 9.51. The molecule has 0 atom stereocenters. The summed E-state index contributed by atoms with van der Waals surface area (Å²) in [6.07, 6.45) is 11.9. The van der Waals surface area contributed by atoms with Gasteiger partial charge >= 0.3 is 0 Å². The Morgan fingerprint density at radius 2 is 1.69 bits per heavy atom. The maximum atomic E-state index is 12.6. The molecule has 0 radical (unpaired) electrons. The quantitative estimate of drug-likeness (QED) is 0.752. The second-order valence-electron chi connectivity index (χ2n) is 6.77. The van der Waals surface area contributed by atoms with Crippen LogP contribution in [-0.2, 0) is 11.4 Å². The Balaban J connectivity index is 1.56. The minimum Gasteiger partial charge on any atom is -0.380 e. The largest absolute Gasteiger partial charge is 0.380 e. The van der Waals surface area contributed by atoms with Gasteiger partial charge in [0.2, 0.25) is 0 Å². The number of hydrogen-bond donors (Lipinski definition) is 2. The van der Waals surface area contributed by atoms with E-state index >= 15 is 0 Å². The van der Waals surface area contributed by atoms with E-state index in [0.29, 0.717) is 12.1 Å². The monoisotopic (exact) mass is 353 g/mol. The summed E-state index contributed by atoms with van der Waals surface area (Å²) < 4.78 is 0. The van der Waals surface area contributed by atoms with Gasteiger partial charge in [-0.15, -0.1) is 0 Å². The van der Waals surface area contributed by atoms with Crippen molar-refractivity contribution in [3.05, 3.63) is 59.9 Å². The zero-order valence-corrected chi connectivity index (χ0v) is 15.1. The smallest absolute Gasteiger partial charge is 0.276 e. The number of benzene rings is 1. The summed E-state index contributed by atoms with van der Waals surface area (Å²) in [4.78, 5) is 22.3. The topological polar surface area (TPSA) is 63.2 Å². The Morgan fingerprint density at radius 3 is 2.46 bits per heavy atom. The minimum atomic E-state index is -0.204. The predicted molar refractivity (Wildman–Crippen MR) is 103 cm³/mol. The minimum absolute atomic E-state index is 0.121. The highest BCUT2D eigenvalue weighted by Crippen LogP contribution is 2.20. The Kier molecular flexibility index (Phi) is 7.02. The van der Waals surface area contributed by atoms with E-state index in [-0.39, 0.29) is 12.0 Å². The first-order chi connectivity index (χ1) is 12.8. The molecule has 0 unspecified atom stereocenters. The molecule has 0 spiro atoms. The van der Waals surface area contributed by atoms with E-state index < -0.39 is 0 Å². The lowest BCUT2D eigenvalue weighted by Gasteiger charge is -2.20. The number of anilines is 1. The molecule has 1 aromatic heterocycles. The van der Waals surface area contributed by atoms with Crippen LogP contribution >= 0.6 is 0 Å². The third-order valence-electron chi connectivity index (χ3n) is 4.77. The van der Waals surface area contributed by atoms with Gasteiger partial charge in [0.15, 0.2) is 0 Å². The number of rotatable bonds is 6. The van der Waals surface area contributed by atoms with Crippen molar-refractivity contribution < 1.29 is 9.63 Å². The van der Waals surface area contributed by atoms with Crippen LogP contribution in [-0.4, -0.2) is 17.0 Å². The normalized spacial score (nSPS) is 15.7. The first kappa shape index (κ1) is 18.4. The summed E-state index contributed by atoms with van der Waals surface area (Å²) in [5.74, 6) is -0.204. The summed E-state index contributed by atoms with van der Waals surface area (Å²) in [6, 6.07) is 11.4. The molecular formula is C21H27N3O2. The Labute approximate surface area is 155 Å². The molecule has 5 nitrogen and oxygen atoms in total. The fraction of sp³-hybridized carbons (Fsp3) is 0.429. The fourth-order valence-corrected chi connectivity index (χ4v) is 3.26. The van der Waals surface area contributed by atoms with Gasteiger partial charge in [-0.25, -0.2) is 5.48 Å². The van der Waals surface area contributed by atoms with Crippen molar-refractivity contribution in [2.45, 2.75) is 57.6 Å². The standard InChI is InChI=1S/C21H27N3O2/c25-21(24-26-18-8-4-2-1-3-5-9-18)19-10-6-7-11-20(19)23-16-17-12-14-22-15-13-17/h6-7,10-15,18,23H,1-5,8-9,16H2,(H,24,25). The molecule has 0 aliphatic heterocycles. The van der Waals surface area contributed by atoms with Crippen LogP contribution in [0, 0.1) is 0 Å². The maximum absolute atomic E-state index is 12.6. The maximum Gasteiger partial charge on any atom is 0.276 e. The number of pyridine rings is 1. The van der Waals surface area contributed by atoms with Gasteiger partial charge in [-0.2, -0.15) is 0 Å². The van der Waals surface area contributed by atoms with E-state index in [1.807, 2.05) is 36.4 Å². The Morgan fingerprint density at radius 1 is 1.00 bits per heavy atom. The van der Waals surface area contributed by atoms with Crippen molar-refractivity contribution in [1.82, 2.24) is 10.5 Å². The molecule has 1 saturated carbocycles. The molecule has 138 valence electrons. The van der Waals surface area contributed by atoms with E-state index in [0.717, 1.165) is 24.1 Å². The number of nitrogens with one attached hydrogen (secondary N) is 2. The molecule has 1 heterocycles. The van der Waals surface area contributed by atoms with Crippen molar-refractivity contribution in [1.29, 1.82) is 0 Å². The third-order valence-corrected chi connectivity index (χ3v) is 4.77. The van der Waals surface area contributed by atoms with Crippen LogP contribution in [0.2, 0.25) is 0 Å². The molecule has 0 bridgehead atoms. The van der Waals surface area contributed by atoms with E-state index in [1.54, 1.807) is 12.4 Å². The molecule has 3 rings (SSSR count). The molecular weight excluding hydrogens is 326 g/mol. The second-order valence-corrected chi connectivity index (χ2v) is 6.77. The van der Waals surface area contributed by atoms with E-state index in [4.69, 9.17) is 4.84 Å². The van der Waals surface area contributed by atoms with Crippen molar-refractivity contribution in [3.8, 4) is 0 Å². The molecule has 1 aliphatic rings. The number of nitrogens with zero attached hydrogens (tertiary/aromatic N) is 1. The number of aromatic nitrogens is 1. The summed E-state index contributed by atoms with van der Waals surface area (Å²) in [5, 5.41) is 3.32. The highest BCUT2D eigenvalue weighted by molar-refractivity contribution is 5.99. The molecule has 5 heteroatoms. The Hall–Kier alpha value is -2.40. The van der Waals surface area contributed by atoms with Gasteiger partial charge in [-0.3, -0.25) is 14.6 Å². The lowest BCUT2D eigenvalue weighted by molar-refractivity contribution is -0.0265. The van der Waals surface area contributed by atoms with Crippen LogP contribution in [0.25, 0.3) is 0 Å². The number of carbonyl (C=O) groups excluding carboxylic acids is 1. The van der Waals surface area contributed by atoms with Crippen molar-refractivity contribution in [3.63, 3.8) is 0 Å². The van der Waals surface area contributed by atoms with Crippen molar-refractivity contribution >= 4 is 11.6 Å². The highest BCUT2D eigenvalue weighted by atomic mass is 16.7. The lowest BCUT2D eigenvalue weighted by atomic mass is 9.99. The number of hydroxylamine groups is 1. The van der Waals surface area contributed by atoms with E-state index in [2.05, 4.69) is 15.8 Å². The predicted octanol–water partition coefficient (Wildman–Crippen LogP) is 4.47. The SMILES string of the molecule is O=C(NOC1CCCCCCC1)c1ccccc1NCc1ccncc1. The van der Waals surface area contributed by atoms with Gasteiger partial charge in [0.05, 0.1) is 11.7 Å². The highest BCUT2D eigenvalue weighted by Gasteiger charge is 2.16. The lowest BCUT2D eigenvalue weighted by Crippen LogP contribution is -2.30. The van der Waals surface area contributed by atoms with Gasteiger partial charge in [0.25, 0.3) is 5.91 Å². The molecule has 2 N–H and O–H groups in total. The Bertz CT molecular complexity index is 683. The van der Waals surface area contributed by atoms with Crippen LogP contribution in [0.5, 0.6) is 0 Å². The van der Waals surface area contributed by atoms with Crippen LogP contribution in [0.3, 0.4) is 0 Å². The molecule has 1 fully saturated rings. The van der Waals surface area contributed by atoms with Gasteiger partial charge < -0.3 is 5.32 Å². The van der Waals surface area contributed by atoms with Crippen LogP contribution in [0.1, 0.15) is 60.9 Å². The molecule has 2 aromatic rings. The van der Waals surface area contributed by atoms with Crippen molar-refractivity contribution in [2.75, 3.05) is 5.32 Å². The van der Waals surface area contributed by atoms with E-state index in [1.165, 1.54) is 32.1 Å². The molecule has 1 amide bonds. The van der Waals surface area contributed by atoms with Gasteiger partial charge in [-0.1, -0.05) is 44.2 Å². The van der Waals surface area contributed by atoms with Gasteiger partial charge in [0, 0.05) is 24.6 Å². The second kappa shape index (κ2) is 9.92. The molecule has 1 aliphatic carbocycles. The average Bonchev–Trinajstić information content (AvgIpc) is 2.66. The molecule has 1 aromatic carbocycles. The zero-order chi connectivity index (χ0) is 18.0. The number of carbonyl (C=O) groups is 1. The van der Waals surface area contributed by atoms with Gasteiger partial charge in [-0.05, 0) is 42.7 Å². The third kappa shape index (κ3) is 5.56. The zero-order valence-electron chi connectivity index (χ0n) is 15.1. The summed E-state index contributed by atoms with van der Waals surface area (Å²) in [5.41, 5.74) is 5.16. The number of hydrogen-bond acceptors (Lipinski definition) is 4. The number of para-hydroxylation sites is 1. The van der Waals surface area contributed by atoms with Crippen molar-refractivity contribution in [2.24, 2.45) is 0 Å². The summed E-state index contributed by atoms with van der Waals surface area (Å²) in [7, 11) is 0. The number of amides is 1.